The average molecular weight is 1580 g/mol. The van der Waals surface area contributed by atoms with Crippen LogP contribution in [0, 0.1) is 5.92 Å². The van der Waals surface area contributed by atoms with Gasteiger partial charge < -0.3 is 138 Å². The number of unbranched alkanes of at least 4 members (excludes halogenated alkanes) is 1. The van der Waals surface area contributed by atoms with Gasteiger partial charge in [-0.15, -0.1) is 0 Å². The van der Waals surface area contributed by atoms with Crippen molar-refractivity contribution in [2.24, 2.45) is 44.6 Å². The van der Waals surface area contributed by atoms with Gasteiger partial charge in [0.25, 0.3) is 0 Å². The third-order valence-corrected chi connectivity index (χ3v) is 19.6. The number of urea groups is 1. The smallest absolute Gasteiger partial charge is 0.394 e. The Balaban J connectivity index is 1.43. The van der Waals surface area contributed by atoms with E-state index in [1.165, 1.54) is 11.8 Å². The highest BCUT2D eigenvalue weighted by Gasteiger charge is 2.46. The molecule has 16 amide bonds. The number of hydrogen-bond acceptors (Lipinski definition) is 24. The van der Waals surface area contributed by atoms with Crippen LogP contribution in [0.15, 0.2) is 9.98 Å². The summed E-state index contributed by atoms with van der Waals surface area (Å²) in [6.45, 7) is -0.198. The predicted octanol–water partition coefficient (Wildman–Crippen LogP) is -11.6. The molecule has 0 spiro atoms. The van der Waals surface area contributed by atoms with Crippen molar-refractivity contribution in [1.82, 2.24) is 78.9 Å². The zero-order valence-corrected chi connectivity index (χ0v) is 62.1. The number of nitrogens with one attached hydrogen (secondary N) is 13. The largest absolute Gasteiger partial charge is 0.469 e. The number of rotatable bonds is 46. The van der Waals surface area contributed by atoms with E-state index in [0.29, 0.717) is 19.3 Å². The number of amides is 16. The molecule has 4 aliphatic heterocycles. The lowest BCUT2D eigenvalue weighted by Gasteiger charge is -2.33. The summed E-state index contributed by atoms with van der Waals surface area (Å²) in [7, 11) is -5.53. The first-order chi connectivity index (χ1) is 50.9. The van der Waals surface area contributed by atoms with Crippen LogP contribution in [0.25, 0.3) is 0 Å². The fourth-order valence-corrected chi connectivity index (χ4v) is 14.1. The van der Waals surface area contributed by atoms with Gasteiger partial charge in [0.2, 0.25) is 82.7 Å². The highest BCUT2D eigenvalue weighted by molar-refractivity contribution is 8.00. The molecule has 0 aromatic carbocycles. The highest BCUT2D eigenvalue weighted by atomic mass is 32.2. The molecule has 4 saturated heterocycles. The first-order valence-corrected chi connectivity index (χ1v) is 37.6. The molecular formula is C61H105N22O23PS. The first kappa shape index (κ1) is 91.1. The number of guanidine groups is 2. The van der Waals surface area contributed by atoms with Crippen LogP contribution in [-0.4, -0.2) is 302 Å². The van der Waals surface area contributed by atoms with Gasteiger partial charge in [0.05, 0.1) is 63.7 Å². The lowest BCUT2D eigenvalue weighted by atomic mass is 10.0. The molecule has 45 nitrogen and oxygen atoms in total. The van der Waals surface area contributed by atoms with Gasteiger partial charge in [-0.3, -0.25) is 81.6 Å². The summed E-state index contributed by atoms with van der Waals surface area (Å²) in [5.41, 5.74) is 27.2. The predicted molar refractivity (Wildman–Crippen MR) is 382 cm³/mol. The van der Waals surface area contributed by atoms with Crippen molar-refractivity contribution < 1.29 is 111 Å². The zero-order chi connectivity index (χ0) is 80.7. The molecule has 0 aliphatic carbocycles. The third-order valence-electron chi connectivity index (χ3n) is 17.5. The lowest BCUT2D eigenvalue weighted by Crippen LogP contribution is -2.62. The van der Waals surface area contributed by atoms with E-state index < -0.39 is 215 Å². The number of nitrogens with two attached hydrogens (primary N) is 5. The number of fused-ring (bicyclic) bond motifs is 1. The van der Waals surface area contributed by atoms with Crippen LogP contribution in [0.5, 0.6) is 0 Å². The number of thioether (sulfide) groups is 1. The number of carbonyl (C=O) groups excluding carboxylic acids is 15. The molecule has 0 aromatic rings. The van der Waals surface area contributed by atoms with Crippen molar-refractivity contribution in [2.45, 2.75) is 201 Å². The van der Waals surface area contributed by atoms with Gasteiger partial charge in [-0.1, -0.05) is 20.3 Å². The molecule has 0 unspecified atom stereocenters. The van der Waals surface area contributed by atoms with Gasteiger partial charge >= 0.3 is 13.9 Å². The van der Waals surface area contributed by atoms with E-state index in [-0.39, 0.29) is 113 Å². The normalized spacial score (nSPS) is 20.1. The van der Waals surface area contributed by atoms with E-state index in [1.807, 2.05) is 0 Å². The number of hydrogen-bond donors (Lipinski definition) is 24. The van der Waals surface area contributed by atoms with Crippen LogP contribution >= 0.6 is 19.6 Å². The number of phosphoric ester groups is 1. The van der Waals surface area contributed by atoms with Gasteiger partial charge in [-0.2, -0.15) is 11.8 Å². The van der Waals surface area contributed by atoms with Gasteiger partial charge in [-0.05, 0) is 90.4 Å². The molecule has 0 saturated carbocycles. The molecule has 0 aromatic heterocycles. The third kappa shape index (κ3) is 30.4. The molecule has 608 valence electrons. The Kier molecular flexibility index (Phi) is 37.8. The SMILES string of the molecule is CC(C)C[C@H](NC(=O)[C@H](CO)NC(=O)[C@@H]1CCCN1C(=O)[C@@H](NC(=O)[C@H](CCCN=C(N)N)NC(=O)[C@H](CO)NC(=O)[C@H](CCCN=C(N)N)NC(=O)[C@H](CO)NC(=O)CNC(=O)CNC(=O)CNC(=O)CCCC[C@@H]1SC[C@@H]2NC(=O)N[C@@H]21)[C@@H](C)OP(=O)(O)O)C(=O)N1CCC[C@H]1C(=O)N[C@H](C(N)=O)[C@@H](C)O. The van der Waals surface area contributed by atoms with Crippen molar-refractivity contribution in [2.75, 3.05) is 71.4 Å². The Bertz CT molecular complexity index is 3290. The first-order valence-electron chi connectivity index (χ1n) is 35.0. The Morgan fingerprint density at radius 2 is 1.02 bits per heavy atom. The summed E-state index contributed by atoms with van der Waals surface area (Å²) in [5, 5.41) is 72.7. The molecule has 29 N–H and O–H groups in total. The number of primary amides is 1. The monoisotopic (exact) mass is 1580 g/mol. The minimum atomic E-state index is -5.53. The number of likely N-dealkylation sites (tertiary alicyclic amines) is 2. The summed E-state index contributed by atoms with van der Waals surface area (Å²) in [6, 6.07) is -16.8. The van der Waals surface area contributed by atoms with E-state index in [0.717, 1.165) is 24.0 Å². The van der Waals surface area contributed by atoms with Crippen molar-refractivity contribution in [3.63, 3.8) is 0 Å². The molecule has 4 aliphatic rings. The summed E-state index contributed by atoms with van der Waals surface area (Å²) >= 11 is 1.74. The average Bonchev–Trinajstić information content (AvgIpc) is 1.63. The molecule has 0 bridgehead atoms. The van der Waals surface area contributed by atoms with Gasteiger partial charge in [0, 0.05) is 43.6 Å². The molecular weight excluding hydrogens is 1470 g/mol. The number of nitrogens with zero attached hydrogens (tertiary/aromatic N) is 4. The van der Waals surface area contributed by atoms with E-state index in [4.69, 9.17) is 33.2 Å². The minimum absolute atomic E-state index is 0.0174. The maximum absolute atomic E-state index is 14.7. The standard InChI is InChI=1S/C61H105N22O23PS/c1-29(2)21-34(57(100)82-19-9-14-40(82)56(99)79-46(30(3)87)49(62)92)75-54(97)37(27-86)77-55(98)39-13-10-20-83(39)58(101)47(31(4)106-107(103,104)105)80-51(94)33(12-8-18-68-60(65)66)74-53(96)36(26-85)76-50(93)32(11-7-17-67-59(63)64)73-52(95)35(25-84)72-45(91)24-71-44(90)23-70-43(89)22-69-42(88)16-6-5-15-41-48-38(28-108-41)78-61(102)81-48/h29-41,46-48,84-87H,5-28H2,1-4H3,(H2,62,92)(H,69,88)(H,70,89)(H,71,90)(H,72,91)(H,73,95)(H,74,96)(H,75,97)(H,76,93)(H,77,98)(H,79,99)(H,80,94)(H4,63,64,67)(H4,65,66,68)(H2,78,81,102)(H2,103,104,105)/t30-,31-,32+,33+,34+,35+,36+,37+,38+,39+,40+,41+,46+,47+,48+/m1/s1. The van der Waals surface area contributed by atoms with E-state index in [9.17, 15) is 107 Å². The fraction of sp³-hybridized carbons (Fsp3) is 0.721. The van der Waals surface area contributed by atoms with Crippen LogP contribution < -0.4 is 97.8 Å². The Morgan fingerprint density at radius 1 is 0.565 bits per heavy atom. The Morgan fingerprint density at radius 3 is 1.51 bits per heavy atom. The second kappa shape index (κ2) is 44.9. The van der Waals surface area contributed by atoms with Crippen LogP contribution in [-0.2, 0) is 76.2 Å². The fourth-order valence-electron chi connectivity index (χ4n) is 12.0. The number of carbonyl (C=O) groups is 15. The van der Waals surface area contributed by atoms with Crippen LogP contribution in [0.1, 0.15) is 111 Å². The second-order valence-electron chi connectivity index (χ2n) is 26.5. The maximum Gasteiger partial charge on any atom is 0.469 e. The maximum atomic E-state index is 14.7. The van der Waals surface area contributed by atoms with Crippen molar-refractivity contribution in [1.29, 1.82) is 0 Å². The van der Waals surface area contributed by atoms with Gasteiger partial charge in [0.1, 0.15) is 60.4 Å². The Hall–Kier alpha value is -9.31. The molecule has 4 heterocycles. The Labute approximate surface area is 625 Å². The van der Waals surface area contributed by atoms with Gasteiger partial charge in [-0.25, -0.2) is 9.36 Å². The molecule has 15 atom stereocenters. The van der Waals surface area contributed by atoms with Gasteiger partial charge in [0.15, 0.2) is 11.9 Å². The molecule has 4 rings (SSSR count). The van der Waals surface area contributed by atoms with Crippen LogP contribution in [0.2, 0.25) is 0 Å². The number of phosphoric acid groups is 1. The molecule has 4 fully saturated rings. The summed E-state index contributed by atoms with van der Waals surface area (Å²) < 4.78 is 17.2. The van der Waals surface area contributed by atoms with Crippen molar-refractivity contribution >= 4 is 120 Å². The van der Waals surface area contributed by atoms with Crippen LogP contribution in [0.3, 0.4) is 0 Å². The summed E-state index contributed by atoms with van der Waals surface area (Å²) in [6.07, 6.45) is -1.75. The quantitative estimate of drug-likeness (QED) is 0.00885. The summed E-state index contributed by atoms with van der Waals surface area (Å²) in [4.78, 5) is 230. The lowest BCUT2D eigenvalue weighted by molar-refractivity contribution is -0.145. The number of aliphatic imine (C=N–C) groups is 2. The van der Waals surface area contributed by atoms with Crippen molar-refractivity contribution in [3.8, 4) is 0 Å². The molecule has 47 heteroatoms. The minimum Gasteiger partial charge on any atom is -0.394 e. The molecule has 0 radical (unpaired) electrons. The highest BCUT2D eigenvalue weighted by Crippen LogP contribution is 2.39. The number of aliphatic hydroxyl groups excluding tert-OH is 4. The number of aliphatic hydroxyl groups is 4. The molecule has 108 heavy (non-hydrogen) atoms. The topological polar surface area (TPSA) is 721 Å². The van der Waals surface area contributed by atoms with E-state index in [1.54, 1.807) is 25.6 Å². The van der Waals surface area contributed by atoms with E-state index >= 15 is 0 Å². The van der Waals surface area contributed by atoms with Crippen molar-refractivity contribution in [3.05, 3.63) is 0 Å². The van der Waals surface area contributed by atoms with E-state index in [2.05, 4.69) is 79.1 Å². The van der Waals surface area contributed by atoms with Crippen LogP contribution in [0.4, 0.5) is 4.79 Å². The zero-order valence-electron chi connectivity index (χ0n) is 60.4. The second-order valence-corrected chi connectivity index (χ2v) is 29.0. The summed E-state index contributed by atoms with van der Waals surface area (Å²) in [5.74, 6) is -14.2.